The quantitative estimate of drug-likeness (QED) is 0.0725. The summed E-state index contributed by atoms with van der Waals surface area (Å²) in [6.07, 6.45) is -47.8. The minimum absolute atomic E-state index is 0.491. The van der Waals surface area contributed by atoms with Crippen molar-refractivity contribution in [3.05, 3.63) is 0 Å². The van der Waals surface area contributed by atoms with Gasteiger partial charge in [0.05, 0.1) is 46.2 Å². The van der Waals surface area contributed by atoms with Crippen molar-refractivity contribution in [2.24, 2.45) is 0 Å². The number of hydrogen-bond acceptors (Lipinski definition) is 29. The molecule has 64 heavy (non-hydrogen) atoms. The Balaban J connectivity index is 1.18. The SMILES string of the molecule is OC[C@@H]1O[C@@H](O[C@@H]2[C@@H](O)[C@H](O[C@@H]3CO[C@@H](O[C@@H]4CO[C@@H](O)[C@H](O)[C@H]4O)[C@H](O[C@@H]4O[C@@H](CO)[C@H](O)[C@H]4O)[C@H]3O[C@@H]3O[C@@H](CO)[C@H](O)[C@H]3O)OC[C@H]2O[C@@H]2OC[C@@H](O)[C@H](O)[C@H]2O)[C@H](O)[C@H]1O. The van der Waals surface area contributed by atoms with Gasteiger partial charge in [0.15, 0.2) is 44.0 Å². The van der Waals surface area contributed by atoms with Crippen molar-refractivity contribution in [2.75, 3.05) is 46.2 Å². The van der Waals surface area contributed by atoms with Gasteiger partial charge in [-0.05, 0) is 0 Å². The molecule has 0 amide bonds. The molecule has 29 heteroatoms. The molecule has 0 aromatic carbocycles. The van der Waals surface area contributed by atoms with E-state index in [0.29, 0.717) is 0 Å². The Hall–Kier alpha value is -1.16. The van der Waals surface area contributed by atoms with Crippen molar-refractivity contribution in [2.45, 2.75) is 172 Å². The van der Waals surface area contributed by atoms with Crippen molar-refractivity contribution in [1.82, 2.24) is 0 Å². The van der Waals surface area contributed by atoms with Gasteiger partial charge in [0.25, 0.3) is 0 Å². The van der Waals surface area contributed by atoms with Crippen molar-refractivity contribution < 1.29 is 143 Å². The van der Waals surface area contributed by atoms with Crippen molar-refractivity contribution in [3.63, 3.8) is 0 Å². The maximum Gasteiger partial charge on any atom is 0.187 e. The molecule has 0 saturated carbocycles. The molecule has 0 bridgehead atoms. The largest absolute Gasteiger partial charge is 0.394 e. The van der Waals surface area contributed by atoms with Gasteiger partial charge in [-0.15, -0.1) is 0 Å². The van der Waals surface area contributed by atoms with Gasteiger partial charge in [0.2, 0.25) is 0 Å². The van der Waals surface area contributed by atoms with Crippen LogP contribution in [0.5, 0.6) is 0 Å². The van der Waals surface area contributed by atoms with E-state index in [0.717, 1.165) is 0 Å². The average molecular weight is 943 g/mol. The molecule has 7 fully saturated rings. The monoisotopic (exact) mass is 942 g/mol. The van der Waals surface area contributed by atoms with Crippen LogP contribution in [0.2, 0.25) is 0 Å². The smallest absolute Gasteiger partial charge is 0.187 e. The molecule has 7 aliphatic rings. The lowest BCUT2D eigenvalue weighted by Gasteiger charge is -2.48. The van der Waals surface area contributed by atoms with Gasteiger partial charge in [0.1, 0.15) is 128 Å². The first-order valence-electron chi connectivity index (χ1n) is 20.5. The van der Waals surface area contributed by atoms with Crippen LogP contribution in [0, 0.1) is 0 Å². The lowest BCUT2D eigenvalue weighted by molar-refractivity contribution is -0.387. The minimum atomic E-state index is -2.03. The Morgan fingerprint density at radius 3 is 1.20 bits per heavy atom. The van der Waals surface area contributed by atoms with E-state index in [1.807, 2.05) is 0 Å². The second-order valence-corrected chi connectivity index (χ2v) is 16.3. The molecular formula is C35H58O29. The van der Waals surface area contributed by atoms with E-state index < -0.39 is 218 Å². The second-order valence-electron chi connectivity index (χ2n) is 16.3. The topological polar surface area (TPSA) is 444 Å². The average Bonchev–Trinajstić information content (AvgIpc) is 3.84. The first kappa shape index (κ1) is 50.7. The minimum Gasteiger partial charge on any atom is -0.394 e. The van der Waals surface area contributed by atoms with Gasteiger partial charge in [-0.3, -0.25) is 0 Å². The first-order chi connectivity index (χ1) is 30.5. The Bertz CT molecular complexity index is 1460. The van der Waals surface area contributed by atoms with Gasteiger partial charge in [-0.25, -0.2) is 0 Å². The van der Waals surface area contributed by atoms with Gasteiger partial charge >= 0.3 is 0 Å². The zero-order valence-electron chi connectivity index (χ0n) is 33.6. The fourth-order valence-electron chi connectivity index (χ4n) is 8.16. The molecule has 7 heterocycles. The standard InChI is InChI=1S/C35H58O29/c36-1-9-16(41)22(47)32(56-9)62-26-13(60-30-21(46)15(40)8(39)4-53-30)6-54-31(25(26)50)61-14-7-55-35(59-12-5-52-29(51)20(45)19(12)44)28(64-34-24(49)18(43)11(3-38)58-34)27(14)63-33-23(48)17(42)10(2-37)57-33/h8-51H,1-7H2/t8-,9+,10+,11+,12-,13-,14-,15+,16+,17+,18+,19+,20-,21-,22-,23-,24-,25-,26+,27+,28-,29-,30+,31+,32+,33+,34+,35+/m1/s1. The summed E-state index contributed by atoms with van der Waals surface area (Å²) in [5.41, 5.74) is 0. The molecule has 0 radical (unpaired) electrons. The Morgan fingerprint density at radius 2 is 0.703 bits per heavy atom. The van der Waals surface area contributed by atoms with Gasteiger partial charge < -0.3 is 143 Å². The van der Waals surface area contributed by atoms with E-state index in [2.05, 4.69) is 0 Å². The van der Waals surface area contributed by atoms with Gasteiger partial charge in [-0.1, -0.05) is 0 Å². The van der Waals surface area contributed by atoms with Crippen LogP contribution in [-0.2, 0) is 61.6 Å². The number of aliphatic hydroxyl groups is 16. The van der Waals surface area contributed by atoms with E-state index in [4.69, 9.17) is 61.6 Å². The Labute approximate surface area is 361 Å². The van der Waals surface area contributed by atoms with E-state index >= 15 is 0 Å². The van der Waals surface area contributed by atoms with Crippen LogP contribution in [0.25, 0.3) is 0 Å². The molecule has 0 unspecified atom stereocenters. The molecular weight excluding hydrogens is 884 g/mol. The summed E-state index contributed by atoms with van der Waals surface area (Å²) >= 11 is 0. The zero-order valence-corrected chi connectivity index (χ0v) is 33.6. The Morgan fingerprint density at radius 1 is 0.312 bits per heavy atom. The van der Waals surface area contributed by atoms with Crippen LogP contribution in [0.15, 0.2) is 0 Å². The summed E-state index contributed by atoms with van der Waals surface area (Å²) in [6, 6.07) is 0. The van der Waals surface area contributed by atoms with Gasteiger partial charge in [0, 0.05) is 0 Å². The Kier molecular flexibility index (Phi) is 17.1. The molecule has 28 atom stereocenters. The highest BCUT2D eigenvalue weighted by Gasteiger charge is 2.57. The maximum atomic E-state index is 11.9. The summed E-state index contributed by atoms with van der Waals surface area (Å²) < 4.78 is 74.9. The van der Waals surface area contributed by atoms with Crippen molar-refractivity contribution >= 4 is 0 Å². The maximum absolute atomic E-state index is 11.9. The van der Waals surface area contributed by atoms with Crippen LogP contribution < -0.4 is 0 Å². The predicted molar refractivity (Wildman–Crippen MR) is 190 cm³/mol. The highest BCUT2D eigenvalue weighted by molar-refractivity contribution is 4.98. The molecule has 7 saturated heterocycles. The summed E-state index contributed by atoms with van der Waals surface area (Å²) in [7, 11) is 0. The summed E-state index contributed by atoms with van der Waals surface area (Å²) in [5.74, 6) is 0. The molecule has 0 spiro atoms. The molecule has 16 N–H and O–H groups in total. The molecule has 0 aromatic rings. The van der Waals surface area contributed by atoms with E-state index in [1.54, 1.807) is 0 Å². The van der Waals surface area contributed by atoms with Crippen molar-refractivity contribution in [1.29, 1.82) is 0 Å². The van der Waals surface area contributed by atoms with E-state index in [9.17, 15) is 81.7 Å². The normalized spacial score (nSPS) is 53.8. The lowest BCUT2D eigenvalue weighted by Crippen LogP contribution is -2.65. The van der Waals surface area contributed by atoms with Gasteiger partial charge in [-0.2, -0.15) is 0 Å². The fourth-order valence-corrected chi connectivity index (χ4v) is 8.16. The van der Waals surface area contributed by atoms with Crippen LogP contribution in [0.1, 0.15) is 0 Å². The second kappa shape index (κ2) is 21.6. The van der Waals surface area contributed by atoms with Crippen LogP contribution in [0.4, 0.5) is 0 Å². The molecule has 7 rings (SSSR count). The van der Waals surface area contributed by atoms with Crippen LogP contribution >= 0.6 is 0 Å². The molecule has 0 aliphatic carbocycles. The number of rotatable bonds is 15. The highest BCUT2D eigenvalue weighted by atomic mass is 16.8. The summed E-state index contributed by atoms with van der Waals surface area (Å²) in [6.45, 7) is -4.63. The molecule has 29 nitrogen and oxygen atoms in total. The molecule has 372 valence electrons. The third kappa shape index (κ3) is 10.4. The lowest BCUT2D eigenvalue weighted by atomic mass is 10.0. The molecule has 7 aliphatic heterocycles. The van der Waals surface area contributed by atoms with E-state index in [-0.39, 0.29) is 0 Å². The highest BCUT2D eigenvalue weighted by Crippen LogP contribution is 2.37. The zero-order chi connectivity index (χ0) is 46.3. The third-order valence-corrected chi connectivity index (χ3v) is 12.0. The van der Waals surface area contributed by atoms with Crippen LogP contribution in [0.3, 0.4) is 0 Å². The number of hydrogen-bond donors (Lipinski definition) is 16. The predicted octanol–water partition coefficient (Wildman–Crippen LogP) is -11.8. The number of ether oxygens (including phenoxy) is 13. The number of aliphatic hydroxyl groups excluding tert-OH is 16. The van der Waals surface area contributed by atoms with E-state index in [1.165, 1.54) is 0 Å². The van der Waals surface area contributed by atoms with Crippen molar-refractivity contribution in [3.8, 4) is 0 Å². The summed E-state index contributed by atoms with van der Waals surface area (Å²) in [5, 5.41) is 167. The first-order valence-corrected chi connectivity index (χ1v) is 20.5. The fraction of sp³-hybridized carbons (Fsp3) is 1.00. The third-order valence-electron chi connectivity index (χ3n) is 12.0. The molecule has 0 aromatic heterocycles. The summed E-state index contributed by atoms with van der Waals surface area (Å²) in [4.78, 5) is 0. The van der Waals surface area contributed by atoms with Crippen LogP contribution in [-0.4, -0.2) is 300 Å².